The summed E-state index contributed by atoms with van der Waals surface area (Å²) in [7, 11) is 1.51. The Balaban J connectivity index is 2.08. The molecule has 0 atom stereocenters. The van der Waals surface area contributed by atoms with Crippen LogP contribution in [0.15, 0.2) is 22.8 Å². The van der Waals surface area contributed by atoms with Crippen molar-refractivity contribution < 1.29 is 18.8 Å². The zero-order valence-electron chi connectivity index (χ0n) is 8.67. The minimum Gasteiger partial charge on any atom is -0.461 e. The Morgan fingerprint density at radius 3 is 2.75 bits per heavy atom. The number of carbonyl (C=O) groups excluding carboxylic acids is 3. The van der Waals surface area contributed by atoms with Crippen LogP contribution in [-0.4, -0.2) is 47.7 Å². The van der Waals surface area contributed by atoms with Gasteiger partial charge in [-0.3, -0.25) is 14.5 Å². The molecule has 1 aromatic heterocycles. The number of urea groups is 1. The molecule has 1 aliphatic rings. The molecule has 3 amide bonds. The van der Waals surface area contributed by atoms with Crippen LogP contribution in [0.25, 0.3) is 0 Å². The maximum Gasteiger partial charge on any atom is 0.327 e. The summed E-state index contributed by atoms with van der Waals surface area (Å²) >= 11 is 0. The van der Waals surface area contributed by atoms with E-state index in [9.17, 15) is 14.4 Å². The molecule has 2 heterocycles. The van der Waals surface area contributed by atoms with Crippen molar-refractivity contribution in [2.24, 2.45) is 0 Å². The zero-order chi connectivity index (χ0) is 11.7. The van der Waals surface area contributed by atoms with Gasteiger partial charge in [0.1, 0.15) is 6.54 Å². The van der Waals surface area contributed by atoms with Crippen molar-refractivity contribution in [3.8, 4) is 0 Å². The van der Waals surface area contributed by atoms with Gasteiger partial charge in [-0.05, 0) is 12.1 Å². The smallest absolute Gasteiger partial charge is 0.327 e. The van der Waals surface area contributed by atoms with Gasteiger partial charge in [0.05, 0.1) is 12.8 Å². The molecule has 0 bridgehead atoms. The number of likely N-dealkylation sites (N-methyl/N-ethyl adjacent to an activating group) is 1. The lowest BCUT2D eigenvalue weighted by atomic mass is 10.3. The monoisotopic (exact) mass is 222 g/mol. The van der Waals surface area contributed by atoms with Crippen LogP contribution in [0.3, 0.4) is 0 Å². The first-order chi connectivity index (χ1) is 7.59. The van der Waals surface area contributed by atoms with Crippen molar-refractivity contribution >= 4 is 17.7 Å². The van der Waals surface area contributed by atoms with Crippen molar-refractivity contribution in [1.29, 1.82) is 0 Å². The van der Waals surface area contributed by atoms with E-state index in [1.165, 1.54) is 24.3 Å². The van der Waals surface area contributed by atoms with Crippen molar-refractivity contribution in [3.05, 3.63) is 24.2 Å². The van der Waals surface area contributed by atoms with Crippen molar-refractivity contribution in [2.75, 3.05) is 20.1 Å². The molecule has 0 saturated carbocycles. The van der Waals surface area contributed by atoms with E-state index in [4.69, 9.17) is 4.42 Å². The normalized spacial score (nSPS) is 16.1. The summed E-state index contributed by atoms with van der Waals surface area (Å²) in [5, 5.41) is 0. The number of ketones is 1. The number of imide groups is 1. The third kappa shape index (κ3) is 1.69. The summed E-state index contributed by atoms with van der Waals surface area (Å²) in [5.41, 5.74) is 0. The fraction of sp³-hybridized carbons (Fsp3) is 0.300. The maximum atomic E-state index is 11.6. The molecule has 84 valence electrons. The molecule has 0 aliphatic carbocycles. The first-order valence-electron chi connectivity index (χ1n) is 4.72. The van der Waals surface area contributed by atoms with E-state index in [0.717, 1.165) is 4.90 Å². The number of rotatable bonds is 3. The Hall–Kier alpha value is -2.11. The number of amides is 3. The van der Waals surface area contributed by atoms with Crippen LogP contribution >= 0.6 is 0 Å². The molecule has 6 nitrogen and oxygen atoms in total. The largest absolute Gasteiger partial charge is 0.461 e. The molecule has 0 radical (unpaired) electrons. The first-order valence-corrected chi connectivity index (χ1v) is 4.72. The minimum atomic E-state index is -0.454. The summed E-state index contributed by atoms with van der Waals surface area (Å²) in [6.45, 7) is -0.250. The van der Waals surface area contributed by atoms with Gasteiger partial charge in [-0.15, -0.1) is 0 Å². The molecule has 2 rings (SSSR count). The second-order valence-electron chi connectivity index (χ2n) is 3.52. The predicted octanol–water partition coefficient (Wildman–Crippen LogP) is 0.356. The van der Waals surface area contributed by atoms with E-state index in [2.05, 4.69) is 0 Å². The quantitative estimate of drug-likeness (QED) is 0.546. The van der Waals surface area contributed by atoms with Gasteiger partial charge in [0.15, 0.2) is 5.76 Å². The fourth-order valence-electron chi connectivity index (χ4n) is 1.48. The molecular weight excluding hydrogens is 212 g/mol. The molecule has 0 spiro atoms. The van der Waals surface area contributed by atoms with E-state index in [1.807, 2.05) is 0 Å². The molecule has 1 aliphatic heterocycles. The standard InChI is InChI=1S/C10H10N2O4/c1-11-6-9(14)12(10(11)15)5-7(13)8-3-2-4-16-8/h2-4H,5-6H2,1H3. The average Bonchev–Trinajstić information content (AvgIpc) is 2.83. The van der Waals surface area contributed by atoms with Gasteiger partial charge in [-0.25, -0.2) is 4.79 Å². The summed E-state index contributed by atoms with van der Waals surface area (Å²) < 4.78 is 4.89. The van der Waals surface area contributed by atoms with Crippen LogP contribution in [0.4, 0.5) is 4.79 Å². The molecule has 16 heavy (non-hydrogen) atoms. The Morgan fingerprint density at radius 2 is 2.25 bits per heavy atom. The molecular formula is C10H10N2O4. The van der Waals surface area contributed by atoms with Gasteiger partial charge in [-0.1, -0.05) is 0 Å². The van der Waals surface area contributed by atoms with Crippen LogP contribution in [0.2, 0.25) is 0 Å². The topological polar surface area (TPSA) is 70.8 Å². The number of furan rings is 1. The van der Waals surface area contributed by atoms with Gasteiger partial charge >= 0.3 is 6.03 Å². The number of carbonyl (C=O) groups is 3. The number of Topliss-reactive ketones (excluding diaryl/α,β-unsaturated/α-hetero) is 1. The van der Waals surface area contributed by atoms with Crippen molar-refractivity contribution in [3.63, 3.8) is 0 Å². The molecule has 0 unspecified atom stereocenters. The van der Waals surface area contributed by atoms with E-state index in [1.54, 1.807) is 6.07 Å². The molecule has 1 saturated heterocycles. The highest BCUT2D eigenvalue weighted by molar-refractivity contribution is 6.07. The second kappa shape index (κ2) is 3.80. The Kier molecular flexibility index (Phi) is 2.47. The summed E-state index contributed by atoms with van der Waals surface area (Å²) in [6, 6.07) is 2.62. The number of hydrogen-bond acceptors (Lipinski definition) is 4. The van der Waals surface area contributed by atoms with Crippen LogP contribution < -0.4 is 0 Å². The third-order valence-corrected chi connectivity index (χ3v) is 2.33. The third-order valence-electron chi connectivity index (χ3n) is 2.33. The Bertz CT molecular complexity index is 438. The van der Waals surface area contributed by atoms with E-state index in [-0.39, 0.29) is 30.5 Å². The molecule has 0 aromatic carbocycles. The van der Waals surface area contributed by atoms with Crippen molar-refractivity contribution in [1.82, 2.24) is 9.80 Å². The Labute approximate surface area is 91.4 Å². The average molecular weight is 222 g/mol. The lowest BCUT2D eigenvalue weighted by molar-refractivity contribution is -0.125. The van der Waals surface area contributed by atoms with E-state index < -0.39 is 6.03 Å². The molecule has 6 heteroatoms. The van der Waals surface area contributed by atoms with Crippen LogP contribution in [0, 0.1) is 0 Å². The fourth-order valence-corrected chi connectivity index (χ4v) is 1.48. The highest BCUT2D eigenvalue weighted by Crippen LogP contribution is 2.10. The van der Waals surface area contributed by atoms with Crippen LogP contribution in [-0.2, 0) is 4.79 Å². The van der Waals surface area contributed by atoms with Gasteiger partial charge in [0, 0.05) is 7.05 Å². The molecule has 0 N–H and O–H groups in total. The van der Waals surface area contributed by atoms with Gasteiger partial charge in [-0.2, -0.15) is 0 Å². The van der Waals surface area contributed by atoms with Crippen molar-refractivity contribution in [2.45, 2.75) is 0 Å². The number of nitrogens with zero attached hydrogens (tertiary/aromatic N) is 2. The van der Waals surface area contributed by atoms with Gasteiger partial charge < -0.3 is 9.32 Å². The van der Waals surface area contributed by atoms with Gasteiger partial charge in [0.2, 0.25) is 5.78 Å². The second-order valence-corrected chi connectivity index (χ2v) is 3.52. The molecule has 1 fully saturated rings. The SMILES string of the molecule is CN1CC(=O)N(CC(=O)c2ccco2)C1=O. The highest BCUT2D eigenvalue weighted by Gasteiger charge is 2.35. The maximum absolute atomic E-state index is 11.6. The number of hydrogen-bond donors (Lipinski definition) is 0. The highest BCUT2D eigenvalue weighted by atomic mass is 16.3. The minimum absolute atomic E-state index is 0.0181. The van der Waals surface area contributed by atoms with E-state index >= 15 is 0 Å². The van der Waals surface area contributed by atoms with Crippen LogP contribution in [0.1, 0.15) is 10.6 Å². The van der Waals surface area contributed by atoms with Crippen LogP contribution in [0.5, 0.6) is 0 Å². The summed E-state index contributed by atoms with van der Waals surface area (Å²) in [6.07, 6.45) is 1.37. The zero-order valence-corrected chi connectivity index (χ0v) is 8.67. The Morgan fingerprint density at radius 1 is 1.50 bits per heavy atom. The molecule has 1 aromatic rings. The first kappa shape index (κ1) is 10.4. The lowest BCUT2D eigenvalue weighted by Crippen LogP contribution is -2.36. The summed E-state index contributed by atoms with van der Waals surface area (Å²) in [5.74, 6) is -0.607. The van der Waals surface area contributed by atoms with Gasteiger partial charge in [0.25, 0.3) is 5.91 Å². The lowest BCUT2D eigenvalue weighted by Gasteiger charge is -2.11. The summed E-state index contributed by atoms with van der Waals surface area (Å²) in [4.78, 5) is 36.6. The van der Waals surface area contributed by atoms with E-state index in [0.29, 0.717) is 0 Å². The predicted molar refractivity (Wildman–Crippen MR) is 52.8 cm³/mol.